The summed E-state index contributed by atoms with van der Waals surface area (Å²) < 4.78 is 0. The van der Waals surface area contributed by atoms with E-state index in [1.165, 1.54) is 6.92 Å². The van der Waals surface area contributed by atoms with Crippen LogP contribution in [-0.2, 0) is 19.2 Å². The molecule has 3 atom stereocenters. The topological polar surface area (TPSA) is 68.3 Å². The number of hydrogen-bond donors (Lipinski definition) is 0. The molecule has 3 unspecified atom stereocenters. The number of ketones is 1. The quantitative estimate of drug-likeness (QED) is 0.609. The van der Waals surface area contributed by atoms with Crippen molar-refractivity contribution in [2.45, 2.75) is 27.7 Å². The van der Waals surface area contributed by atoms with Gasteiger partial charge in [0.1, 0.15) is 24.6 Å². The van der Waals surface area contributed by atoms with E-state index < -0.39 is 23.2 Å². The molecule has 0 saturated heterocycles. The highest BCUT2D eigenvalue weighted by molar-refractivity contribution is 5.91. The van der Waals surface area contributed by atoms with Crippen molar-refractivity contribution in [2.75, 3.05) is 0 Å². The predicted molar refractivity (Wildman–Crippen MR) is 58.8 cm³/mol. The molecule has 0 rings (SSSR count). The molecule has 0 bridgehead atoms. The van der Waals surface area contributed by atoms with Crippen molar-refractivity contribution in [3.05, 3.63) is 0 Å². The molecule has 0 amide bonds. The van der Waals surface area contributed by atoms with E-state index >= 15 is 0 Å². The van der Waals surface area contributed by atoms with E-state index in [1.54, 1.807) is 20.8 Å². The van der Waals surface area contributed by atoms with Gasteiger partial charge >= 0.3 is 0 Å². The number of rotatable bonds is 7. The maximum atomic E-state index is 11.8. The number of Topliss-reactive ketones (excluding diaryl/α,β-unsaturated/α-hetero) is 1. The van der Waals surface area contributed by atoms with Crippen LogP contribution in [0, 0.1) is 23.2 Å². The zero-order valence-electron chi connectivity index (χ0n) is 10.1. The van der Waals surface area contributed by atoms with Crippen molar-refractivity contribution in [3.8, 4) is 0 Å². The molecule has 0 aromatic rings. The number of aldehydes is 3. The third-order valence-corrected chi connectivity index (χ3v) is 3.48. The first-order chi connectivity index (χ1) is 7.39. The number of carbonyl (C=O) groups excluding carboxylic acids is 4. The predicted octanol–water partition coefficient (Wildman–Crippen LogP) is 1.07. The normalized spacial score (nSPS) is 20.0. The van der Waals surface area contributed by atoms with Gasteiger partial charge < -0.3 is 14.4 Å². The molecule has 0 aromatic carbocycles. The lowest BCUT2D eigenvalue weighted by Gasteiger charge is -2.40. The van der Waals surface area contributed by atoms with E-state index in [9.17, 15) is 19.2 Å². The minimum absolute atomic E-state index is 0.300. The summed E-state index contributed by atoms with van der Waals surface area (Å²) in [6.45, 7) is 6.01. The van der Waals surface area contributed by atoms with Gasteiger partial charge in [0, 0.05) is 17.8 Å². The van der Waals surface area contributed by atoms with Crippen molar-refractivity contribution in [2.24, 2.45) is 23.2 Å². The standard InChI is InChI=1S/C12H18O4/c1-8(5-13)12(11(4)16,9(2)6-14)10(3)7-15/h5-10H,1-4H3. The monoisotopic (exact) mass is 226 g/mol. The lowest BCUT2D eigenvalue weighted by molar-refractivity contribution is -0.147. The average molecular weight is 226 g/mol. The molecule has 0 saturated carbocycles. The molecular weight excluding hydrogens is 208 g/mol. The van der Waals surface area contributed by atoms with E-state index in [1.807, 2.05) is 0 Å². The van der Waals surface area contributed by atoms with Gasteiger partial charge in [-0.15, -0.1) is 0 Å². The third-order valence-electron chi connectivity index (χ3n) is 3.48. The van der Waals surface area contributed by atoms with Gasteiger partial charge in [-0.1, -0.05) is 20.8 Å². The number of carbonyl (C=O) groups is 4. The van der Waals surface area contributed by atoms with Crippen LogP contribution in [0.15, 0.2) is 0 Å². The highest BCUT2D eigenvalue weighted by atomic mass is 16.1. The lowest BCUT2D eigenvalue weighted by atomic mass is 9.59. The van der Waals surface area contributed by atoms with Crippen molar-refractivity contribution in [3.63, 3.8) is 0 Å². The Bertz CT molecular complexity index is 259. The van der Waals surface area contributed by atoms with E-state index in [0.717, 1.165) is 0 Å². The molecule has 0 aliphatic heterocycles. The second kappa shape index (κ2) is 5.68. The number of hydrogen-bond acceptors (Lipinski definition) is 4. The Morgan fingerprint density at radius 2 is 1.12 bits per heavy atom. The van der Waals surface area contributed by atoms with Crippen LogP contribution in [0.4, 0.5) is 0 Å². The summed E-state index contributed by atoms with van der Waals surface area (Å²) in [5.41, 5.74) is -1.22. The highest BCUT2D eigenvalue weighted by Gasteiger charge is 2.49. The molecular formula is C12H18O4. The molecule has 0 radical (unpaired) electrons. The van der Waals surface area contributed by atoms with Crippen LogP contribution in [0.5, 0.6) is 0 Å². The minimum atomic E-state index is -1.22. The molecule has 0 spiro atoms. The fraction of sp³-hybridized carbons (Fsp3) is 0.667. The molecule has 0 aromatic heterocycles. The van der Waals surface area contributed by atoms with Crippen LogP contribution in [0.1, 0.15) is 27.7 Å². The highest BCUT2D eigenvalue weighted by Crippen LogP contribution is 2.41. The Kier molecular flexibility index (Phi) is 5.21. The van der Waals surface area contributed by atoms with Crippen molar-refractivity contribution in [1.82, 2.24) is 0 Å². The molecule has 0 aliphatic carbocycles. The molecule has 90 valence electrons. The van der Waals surface area contributed by atoms with Gasteiger partial charge in [0.2, 0.25) is 0 Å². The maximum absolute atomic E-state index is 11.8. The Hall–Kier alpha value is -1.32. The smallest absolute Gasteiger partial charge is 0.138 e. The first-order valence-electron chi connectivity index (χ1n) is 5.26. The van der Waals surface area contributed by atoms with Crippen LogP contribution in [-0.4, -0.2) is 24.6 Å². The first kappa shape index (κ1) is 14.7. The molecule has 0 fully saturated rings. The van der Waals surface area contributed by atoms with E-state index in [-0.39, 0.29) is 5.78 Å². The molecule has 16 heavy (non-hydrogen) atoms. The largest absolute Gasteiger partial charge is 0.303 e. The second-order valence-corrected chi connectivity index (χ2v) is 4.26. The lowest BCUT2D eigenvalue weighted by Crippen LogP contribution is -2.49. The maximum Gasteiger partial charge on any atom is 0.138 e. The molecule has 0 aliphatic rings. The van der Waals surface area contributed by atoms with Gasteiger partial charge in [0.25, 0.3) is 0 Å². The van der Waals surface area contributed by atoms with Crippen LogP contribution < -0.4 is 0 Å². The van der Waals surface area contributed by atoms with E-state index in [0.29, 0.717) is 18.9 Å². The van der Waals surface area contributed by atoms with Crippen LogP contribution in [0.25, 0.3) is 0 Å². The Morgan fingerprint density at radius 1 is 0.875 bits per heavy atom. The Morgan fingerprint density at radius 3 is 1.25 bits per heavy atom. The van der Waals surface area contributed by atoms with Crippen LogP contribution in [0.2, 0.25) is 0 Å². The third kappa shape index (κ3) is 2.10. The second-order valence-electron chi connectivity index (χ2n) is 4.26. The minimum Gasteiger partial charge on any atom is -0.303 e. The van der Waals surface area contributed by atoms with E-state index in [4.69, 9.17) is 0 Å². The summed E-state index contributed by atoms with van der Waals surface area (Å²) in [4.78, 5) is 44.5. The molecule has 0 heterocycles. The van der Waals surface area contributed by atoms with Gasteiger partial charge in [-0.2, -0.15) is 0 Å². The van der Waals surface area contributed by atoms with Gasteiger partial charge in [0.05, 0.1) is 5.41 Å². The van der Waals surface area contributed by atoms with Gasteiger partial charge in [0.15, 0.2) is 0 Å². The summed E-state index contributed by atoms with van der Waals surface area (Å²) in [6, 6.07) is 0. The zero-order chi connectivity index (χ0) is 12.9. The summed E-state index contributed by atoms with van der Waals surface area (Å²) in [5, 5.41) is 0. The van der Waals surface area contributed by atoms with E-state index in [2.05, 4.69) is 0 Å². The SMILES string of the molecule is CC(=O)C(C(C)C=O)(C(C)C=O)C(C)C=O. The van der Waals surface area contributed by atoms with Gasteiger partial charge in [-0.3, -0.25) is 4.79 Å². The van der Waals surface area contributed by atoms with Crippen LogP contribution in [0.3, 0.4) is 0 Å². The Labute approximate surface area is 95.4 Å². The fourth-order valence-corrected chi connectivity index (χ4v) is 2.54. The van der Waals surface area contributed by atoms with Gasteiger partial charge in [-0.25, -0.2) is 0 Å². The summed E-state index contributed by atoms with van der Waals surface area (Å²) in [5.74, 6) is -2.28. The fourth-order valence-electron chi connectivity index (χ4n) is 2.54. The van der Waals surface area contributed by atoms with Crippen LogP contribution >= 0.6 is 0 Å². The average Bonchev–Trinajstić information content (AvgIpc) is 2.28. The summed E-state index contributed by atoms with van der Waals surface area (Å²) in [7, 11) is 0. The van der Waals surface area contributed by atoms with Crippen molar-refractivity contribution in [1.29, 1.82) is 0 Å². The zero-order valence-corrected chi connectivity index (χ0v) is 10.1. The Balaban J connectivity index is 5.74. The summed E-state index contributed by atoms with van der Waals surface area (Å²) in [6.07, 6.45) is 1.88. The molecule has 4 nitrogen and oxygen atoms in total. The van der Waals surface area contributed by atoms with Crippen molar-refractivity contribution >= 4 is 24.6 Å². The first-order valence-corrected chi connectivity index (χ1v) is 5.26. The molecule has 4 heteroatoms. The molecule has 0 N–H and O–H groups in total. The summed E-state index contributed by atoms with van der Waals surface area (Å²) >= 11 is 0. The van der Waals surface area contributed by atoms with Crippen molar-refractivity contribution < 1.29 is 19.2 Å². The van der Waals surface area contributed by atoms with Gasteiger partial charge in [-0.05, 0) is 6.92 Å².